The number of rotatable bonds is 3. The molecule has 0 spiro atoms. The molecule has 78 valence electrons. The maximum Gasteiger partial charge on any atom is 0.0962 e. The normalized spacial score (nSPS) is 11.9. The fourth-order valence-corrected chi connectivity index (χ4v) is 1.65. The van der Waals surface area contributed by atoms with Crippen LogP contribution in [0.25, 0.3) is 5.03 Å². The molecule has 0 fully saturated rings. The molecule has 0 saturated heterocycles. The molecule has 0 N–H and O–H groups in total. The number of aryl methyl sites for hydroxylation is 1. The lowest BCUT2D eigenvalue weighted by molar-refractivity contribution is 1.14. The van der Waals surface area contributed by atoms with Gasteiger partial charge in [-0.2, -0.15) is 5.26 Å². The van der Waals surface area contributed by atoms with Crippen molar-refractivity contribution in [2.45, 2.75) is 26.7 Å². The van der Waals surface area contributed by atoms with Crippen molar-refractivity contribution in [2.24, 2.45) is 0 Å². The second-order valence-electron chi connectivity index (χ2n) is 3.31. The average molecular weight is 220 g/mol. The topological polar surface area (TPSA) is 23.8 Å². The minimum Gasteiger partial charge on any atom is -0.193 e. The number of nitrogens with zero attached hydrogens (tertiary/aromatic N) is 1. The van der Waals surface area contributed by atoms with Gasteiger partial charge in [0.2, 0.25) is 0 Å². The third kappa shape index (κ3) is 2.84. The summed E-state index contributed by atoms with van der Waals surface area (Å²) in [6.45, 7) is 4.04. The zero-order valence-electron chi connectivity index (χ0n) is 9.05. The molecule has 0 atom stereocenters. The summed E-state index contributed by atoms with van der Waals surface area (Å²) < 4.78 is 0. The Morgan fingerprint density at radius 2 is 1.87 bits per heavy atom. The van der Waals surface area contributed by atoms with Gasteiger partial charge in [0, 0.05) is 5.57 Å². The fourth-order valence-electron chi connectivity index (χ4n) is 1.34. The molecule has 15 heavy (non-hydrogen) atoms. The second-order valence-corrected chi connectivity index (χ2v) is 3.69. The molecule has 0 bridgehead atoms. The molecule has 1 nitrogen and oxygen atoms in total. The minimum atomic E-state index is 0.572. The molecular formula is C13H14ClN. The quantitative estimate of drug-likeness (QED) is 0.702. The van der Waals surface area contributed by atoms with Crippen molar-refractivity contribution < 1.29 is 0 Å². The lowest BCUT2D eigenvalue weighted by Crippen LogP contribution is -1.85. The first-order valence-electron chi connectivity index (χ1n) is 5.11. The zero-order chi connectivity index (χ0) is 11.3. The van der Waals surface area contributed by atoms with E-state index in [2.05, 4.69) is 13.0 Å². The van der Waals surface area contributed by atoms with Gasteiger partial charge in [-0.05, 0) is 24.0 Å². The van der Waals surface area contributed by atoms with E-state index in [9.17, 15) is 0 Å². The van der Waals surface area contributed by atoms with Crippen molar-refractivity contribution in [3.63, 3.8) is 0 Å². The Bertz CT molecular complexity index is 396. The van der Waals surface area contributed by atoms with Gasteiger partial charge in [0.25, 0.3) is 0 Å². The average Bonchev–Trinajstić information content (AvgIpc) is 2.30. The molecule has 0 radical (unpaired) electrons. The number of nitriles is 1. The van der Waals surface area contributed by atoms with Crippen LogP contribution >= 0.6 is 11.6 Å². The molecule has 0 amide bonds. The van der Waals surface area contributed by atoms with E-state index in [0.29, 0.717) is 17.0 Å². The molecule has 1 aromatic carbocycles. The summed E-state index contributed by atoms with van der Waals surface area (Å²) in [5, 5.41) is 9.44. The van der Waals surface area contributed by atoms with Crippen molar-refractivity contribution in [1.29, 1.82) is 5.26 Å². The number of halogens is 1. The Morgan fingerprint density at radius 1 is 1.27 bits per heavy atom. The molecule has 0 unspecified atom stereocenters. The highest BCUT2D eigenvalue weighted by Crippen LogP contribution is 2.24. The number of hydrogen-bond acceptors (Lipinski definition) is 1. The molecule has 0 heterocycles. The smallest absolute Gasteiger partial charge is 0.0962 e. The number of hydrogen-bond donors (Lipinski definition) is 0. The van der Waals surface area contributed by atoms with Crippen LogP contribution in [0.3, 0.4) is 0 Å². The van der Waals surface area contributed by atoms with Crippen LogP contribution < -0.4 is 0 Å². The molecule has 0 aliphatic rings. The number of allylic oxidation sites excluding steroid dienone is 1. The Balaban J connectivity index is 3.07. The van der Waals surface area contributed by atoms with Crippen LogP contribution in [0.1, 0.15) is 31.4 Å². The summed E-state index contributed by atoms with van der Waals surface area (Å²) >= 11 is 6.13. The Morgan fingerprint density at radius 3 is 2.27 bits per heavy atom. The van der Waals surface area contributed by atoms with Crippen LogP contribution in [0.4, 0.5) is 0 Å². The van der Waals surface area contributed by atoms with Crippen molar-refractivity contribution in [3.8, 4) is 6.07 Å². The molecule has 1 rings (SSSR count). The van der Waals surface area contributed by atoms with Crippen molar-refractivity contribution >= 4 is 16.6 Å². The van der Waals surface area contributed by atoms with Crippen molar-refractivity contribution in [2.75, 3.05) is 0 Å². The summed E-state index contributed by atoms with van der Waals surface area (Å²) in [6.07, 6.45) is 1.69. The molecular weight excluding hydrogens is 206 g/mol. The van der Waals surface area contributed by atoms with Crippen LogP contribution in [0.5, 0.6) is 0 Å². The van der Waals surface area contributed by atoms with Gasteiger partial charge < -0.3 is 0 Å². The molecule has 0 aliphatic heterocycles. The highest BCUT2D eigenvalue weighted by molar-refractivity contribution is 6.49. The van der Waals surface area contributed by atoms with Crippen LogP contribution in [-0.2, 0) is 6.42 Å². The van der Waals surface area contributed by atoms with Crippen molar-refractivity contribution in [3.05, 3.63) is 41.0 Å². The van der Waals surface area contributed by atoms with E-state index in [1.807, 2.05) is 31.2 Å². The zero-order valence-corrected chi connectivity index (χ0v) is 9.80. The summed E-state index contributed by atoms with van der Waals surface area (Å²) in [5.41, 5.74) is 2.84. The minimum absolute atomic E-state index is 0.572. The van der Waals surface area contributed by atoms with E-state index in [4.69, 9.17) is 16.9 Å². The van der Waals surface area contributed by atoms with E-state index < -0.39 is 0 Å². The second kappa shape index (κ2) is 5.58. The van der Waals surface area contributed by atoms with Crippen LogP contribution in [-0.4, -0.2) is 0 Å². The van der Waals surface area contributed by atoms with Gasteiger partial charge in [-0.3, -0.25) is 0 Å². The summed E-state index contributed by atoms with van der Waals surface area (Å²) in [6, 6.07) is 10.1. The summed E-state index contributed by atoms with van der Waals surface area (Å²) in [4.78, 5) is 0. The summed E-state index contributed by atoms with van der Waals surface area (Å²) in [7, 11) is 0. The lowest BCUT2D eigenvalue weighted by atomic mass is 10.1. The first-order valence-corrected chi connectivity index (χ1v) is 5.48. The SMILES string of the molecule is CCC(C#N)=C(Cl)c1ccc(CC)cc1. The largest absolute Gasteiger partial charge is 0.193 e. The van der Waals surface area contributed by atoms with E-state index in [-0.39, 0.29) is 0 Å². The maximum atomic E-state index is 8.87. The van der Waals surface area contributed by atoms with Gasteiger partial charge in [0.1, 0.15) is 0 Å². The Hall–Kier alpha value is -1.26. The molecule has 0 aliphatic carbocycles. The van der Waals surface area contributed by atoms with Gasteiger partial charge in [-0.1, -0.05) is 49.7 Å². The monoisotopic (exact) mass is 219 g/mol. The van der Waals surface area contributed by atoms with Gasteiger partial charge >= 0.3 is 0 Å². The van der Waals surface area contributed by atoms with E-state index in [1.165, 1.54) is 5.56 Å². The van der Waals surface area contributed by atoms with Gasteiger partial charge in [-0.15, -0.1) is 0 Å². The highest BCUT2D eigenvalue weighted by atomic mass is 35.5. The predicted molar refractivity (Wildman–Crippen MR) is 64.5 cm³/mol. The summed E-state index contributed by atoms with van der Waals surface area (Å²) in [5.74, 6) is 0. The highest BCUT2D eigenvalue weighted by Gasteiger charge is 2.04. The molecule has 0 saturated carbocycles. The Kier molecular flexibility index (Phi) is 4.39. The van der Waals surface area contributed by atoms with Crippen LogP contribution in [0.2, 0.25) is 0 Å². The standard InChI is InChI=1S/C13H14ClN/c1-3-10-5-7-12(8-6-10)13(14)11(4-2)9-15/h5-8H,3-4H2,1-2H3. The first-order chi connectivity index (χ1) is 7.22. The molecule has 0 aromatic heterocycles. The first kappa shape index (κ1) is 11.8. The van der Waals surface area contributed by atoms with E-state index >= 15 is 0 Å². The predicted octanol–water partition coefficient (Wildman–Crippen LogP) is 4.13. The Labute approximate surface area is 96.0 Å². The van der Waals surface area contributed by atoms with Gasteiger partial charge in [0.15, 0.2) is 0 Å². The van der Waals surface area contributed by atoms with E-state index in [1.54, 1.807) is 0 Å². The van der Waals surface area contributed by atoms with Crippen LogP contribution in [0.15, 0.2) is 29.8 Å². The van der Waals surface area contributed by atoms with Gasteiger partial charge in [0.05, 0.1) is 11.1 Å². The third-order valence-corrected chi connectivity index (χ3v) is 2.82. The van der Waals surface area contributed by atoms with E-state index in [0.717, 1.165) is 12.0 Å². The third-order valence-electron chi connectivity index (χ3n) is 2.37. The molecule has 1 aromatic rings. The fraction of sp³-hybridized carbons (Fsp3) is 0.308. The number of benzene rings is 1. The van der Waals surface area contributed by atoms with Crippen LogP contribution in [0, 0.1) is 11.3 Å². The van der Waals surface area contributed by atoms with Crippen molar-refractivity contribution in [1.82, 2.24) is 0 Å². The molecule has 2 heteroatoms. The maximum absolute atomic E-state index is 8.87. The lowest BCUT2D eigenvalue weighted by Gasteiger charge is -2.03. The van der Waals surface area contributed by atoms with Gasteiger partial charge in [-0.25, -0.2) is 0 Å².